The van der Waals surface area contributed by atoms with E-state index >= 15 is 0 Å². The topological polar surface area (TPSA) is 125 Å². The van der Waals surface area contributed by atoms with Crippen LogP contribution < -0.4 is 16.0 Å². The zero-order valence-electron chi connectivity index (χ0n) is 20.7. The highest BCUT2D eigenvalue weighted by Crippen LogP contribution is 2.28. The predicted octanol–water partition coefficient (Wildman–Crippen LogP) is 4.19. The molecule has 2 fully saturated rings. The van der Waals surface area contributed by atoms with E-state index in [1.807, 2.05) is 31.2 Å². The smallest absolute Gasteiger partial charge is 0.242 e. The molecule has 192 valence electrons. The number of nitrogens with zero attached hydrogens (tertiary/aromatic N) is 4. The molecule has 1 aliphatic heterocycles. The van der Waals surface area contributed by atoms with E-state index < -0.39 is 5.92 Å². The van der Waals surface area contributed by atoms with Gasteiger partial charge in [0.25, 0.3) is 0 Å². The van der Waals surface area contributed by atoms with Crippen LogP contribution in [-0.4, -0.2) is 52.7 Å². The van der Waals surface area contributed by atoms with Crippen LogP contribution in [0.5, 0.6) is 0 Å². The lowest BCUT2D eigenvalue weighted by Crippen LogP contribution is -2.49. The lowest BCUT2D eigenvalue weighted by atomic mass is 9.86. The Hall–Kier alpha value is -3.48. The van der Waals surface area contributed by atoms with Crippen molar-refractivity contribution in [3.05, 3.63) is 52.8 Å². The lowest BCUT2D eigenvalue weighted by molar-refractivity contribution is -0.125. The largest absolute Gasteiger partial charge is 0.377 e. The minimum absolute atomic E-state index is 0.0248. The van der Waals surface area contributed by atoms with Crippen LogP contribution in [0.15, 0.2) is 36.7 Å². The number of aryl methyl sites for hydroxylation is 1. The van der Waals surface area contributed by atoms with Crippen LogP contribution in [0.25, 0.3) is 10.9 Å². The second-order valence-electron chi connectivity index (χ2n) is 9.88. The first-order valence-electron chi connectivity index (χ1n) is 12.7. The van der Waals surface area contributed by atoms with Crippen molar-refractivity contribution in [1.82, 2.24) is 20.3 Å². The van der Waals surface area contributed by atoms with Crippen molar-refractivity contribution in [1.29, 1.82) is 5.26 Å². The summed E-state index contributed by atoms with van der Waals surface area (Å²) in [5.74, 6) is 0.650. The summed E-state index contributed by atoms with van der Waals surface area (Å²) in [5, 5.41) is 21.0. The van der Waals surface area contributed by atoms with Crippen molar-refractivity contribution in [2.75, 3.05) is 30.4 Å². The third-order valence-electron chi connectivity index (χ3n) is 7.10. The third kappa shape index (κ3) is 6.09. The van der Waals surface area contributed by atoms with E-state index in [-0.39, 0.29) is 11.9 Å². The van der Waals surface area contributed by atoms with Crippen LogP contribution >= 0.6 is 11.6 Å². The van der Waals surface area contributed by atoms with Crippen molar-refractivity contribution in [3.8, 4) is 6.07 Å². The number of amides is 1. The molecule has 0 spiro atoms. The van der Waals surface area contributed by atoms with Crippen LogP contribution in [0, 0.1) is 24.2 Å². The van der Waals surface area contributed by atoms with Gasteiger partial charge in [-0.25, -0.2) is 15.0 Å². The maximum absolute atomic E-state index is 12.3. The Labute approximate surface area is 221 Å². The number of nitriles is 1. The molecular weight excluding hydrogens is 490 g/mol. The minimum Gasteiger partial charge on any atom is -0.377 e. The highest BCUT2D eigenvalue weighted by Gasteiger charge is 2.27. The summed E-state index contributed by atoms with van der Waals surface area (Å²) >= 11 is 6.23. The van der Waals surface area contributed by atoms with Gasteiger partial charge in [-0.2, -0.15) is 5.26 Å². The Morgan fingerprint density at radius 3 is 2.59 bits per heavy atom. The third-order valence-corrected chi connectivity index (χ3v) is 7.51. The van der Waals surface area contributed by atoms with Gasteiger partial charge in [0, 0.05) is 41.0 Å². The number of hydrogen-bond donors (Lipinski definition) is 3. The summed E-state index contributed by atoms with van der Waals surface area (Å²) < 4.78 is 5.06. The Morgan fingerprint density at radius 2 is 1.92 bits per heavy atom. The summed E-state index contributed by atoms with van der Waals surface area (Å²) in [7, 11) is 0. The van der Waals surface area contributed by atoms with Gasteiger partial charge in [0.1, 0.15) is 5.82 Å². The molecule has 37 heavy (non-hydrogen) atoms. The molecule has 1 amide bonds. The first-order valence-corrected chi connectivity index (χ1v) is 13.0. The van der Waals surface area contributed by atoms with Crippen LogP contribution in [-0.2, 0) is 9.53 Å². The number of rotatable bonds is 8. The number of fused-ring (bicyclic) bond motifs is 1. The van der Waals surface area contributed by atoms with E-state index in [0.717, 1.165) is 59.5 Å². The van der Waals surface area contributed by atoms with Gasteiger partial charge in [-0.3, -0.25) is 4.79 Å². The van der Waals surface area contributed by atoms with Gasteiger partial charge < -0.3 is 20.7 Å². The second-order valence-corrected chi connectivity index (χ2v) is 10.3. The Kier molecular flexibility index (Phi) is 7.68. The van der Waals surface area contributed by atoms with E-state index in [1.165, 1.54) is 0 Å². The summed E-state index contributed by atoms with van der Waals surface area (Å²) in [6.07, 6.45) is 7.41. The molecule has 3 aromatic rings. The molecule has 1 aliphatic carbocycles. The van der Waals surface area contributed by atoms with E-state index in [0.29, 0.717) is 36.7 Å². The Morgan fingerprint density at radius 1 is 1.16 bits per heavy atom. The molecule has 2 aromatic heterocycles. The van der Waals surface area contributed by atoms with Gasteiger partial charge in [-0.15, -0.1) is 0 Å². The molecule has 1 atom stereocenters. The van der Waals surface area contributed by atoms with E-state index in [1.54, 1.807) is 12.4 Å². The van der Waals surface area contributed by atoms with E-state index in [2.05, 4.69) is 32.0 Å². The number of anilines is 2. The van der Waals surface area contributed by atoms with Gasteiger partial charge in [0.15, 0.2) is 5.92 Å². The van der Waals surface area contributed by atoms with Crippen LogP contribution in [0.2, 0.25) is 5.02 Å². The minimum atomic E-state index is -0.934. The molecule has 0 bridgehead atoms. The molecule has 1 aromatic carbocycles. The molecule has 5 rings (SSSR count). The number of halogens is 1. The van der Waals surface area contributed by atoms with Crippen LogP contribution in [0.1, 0.15) is 42.7 Å². The molecule has 3 N–H and O–H groups in total. The molecule has 10 heteroatoms. The number of pyridine rings is 1. The first kappa shape index (κ1) is 25.2. The molecule has 1 saturated heterocycles. The summed E-state index contributed by atoms with van der Waals surface area (Å²) in [5.41, 5.74) is 2.46. The highest BCUT2D eigenvalue weighted by molar-refractivity contribution is 6.32. The van der Waals surface area contributed by atoms with E-state index in [4.69, 9.17) is 21.3 Å². The number of benzene rings is 1. The van der Waals surface area contributed by atoms with Crippen molar-refractivity contribution < 1.29 is 9.53 Å². The monoisotopic (exact) mass is 519 g/mol. The zero-order valence-corrected chi connectivity index (χ0v) is 21.5. The molecule has 1 saturated carbocycles. The molecule has 2 aliphatic rings. The maximum Gasteiger partial charge on any atom is 0.242 e. The van der Waals surface area contributed by atoms with Crippen LogP contribution in [0.3, 0.4) is 0 Å². The predicted molar refractivity (Wildman–Crippen MR) is 142 cm³/mol. The summed E-state index contributed by atoms with van der Waals surface area (Å²) in [6.45, 7) is 3.74. The standard InChI is InChI=1S/C27H30ClN7O2/c1-16-8-24-18(9-23(16)28)4-7-25(35-24)33-20-5-2-17(3-6-20)11-30-27-31-12-19(13-32-27)22(10-29)26(36)34-21-14-37-15-21/h4,7-9,12-13,17,20-22H,2-3,5-6,11,14-15H2,1H3,(H,33,35)(H,34,36)(H,30,31,32). The SMILES string of the molecule is Cc1cc2nc(NC3CCC(CNc4ncc(C(C#N)C(=O)NC5COC5)cn4)CC3)ccc2cc1Cl. The highest BCUT2D eigenvalue weighted by atomic mass is 35.5. The van der Waals surface area contributed by atoms with Crippen molar-refractivity contribution in [3.63, 3.8) is 0 Å². The number of carbonyl (C=O) groups excluding carboxylic acids is 1. The van der Waals surface area contributed by atoms with Gasteiger partial charge in [0.2, 0.25) is 11.9 Å². The zero-order chi connectivity index (χ0) is 25.8. The van der Waals surface area contributed by atoms with Gasteiger partial charge >= 0.3 is 0 Å². The molecule has 3 heterocycles. The second kappa shape index (κ2) is 11.3. The Bertz CT molecular complexity index is 1300. The van der Waals surface area contributed by atoms with E-state index in [9.17, 15) is 10.1 Å². The summed E-state index contributed by atoms with van der Waals surface area (Å²) in [4.78, 5) is 25.8. The quantitative estimate of drug-likeness (QED) is 0.404. The first-order chi connectivity index (χ1) is 18.0. The maximum atomic E-state index is 12.3. The fraction of sp³-hybridized carbons (Fsp3) is 0.444. The average molecular weight is 520 g/mol. The van der Waals surface area contributed by atoms with Gasteiger partial charge in [-0.05, 0) is 68.4 Å². The number of ether oxygens (including phenoxy) is 1. The number of nitrogens with one attached hydrogen (secondary N) is 3. The molecule has 0 radical (unpaired) electrons. The number of hydrogen-bond acceptors (Lipinski definition) is 8. The Balaban J connectivity index is 1.08. The number of aromatic nitrogens is 3. The number of carbonyl (C=O) groups is 1. The van der Waals surface area contributed by atoms with Crippen molar-refractivity contribution in [2.45, 2.75) is 50.6 Å². The van der Waals surface area contributed by atoms with Gasteiger partial charge in [-0.1, -0.05) is 11.6 Å². The van der Waals surface area contributed by atoms with Crippen LogP contribution in [0.4, 0.5) is 11.8 Å². The van der Waals surface area contributed by atoms with Crippen molar-refractivity contribution in [2.24, 2.45) is 5.92 Å². The van der Waals surface area contributed by atoms with Crippen molar-refractivity contribution >= 4 is 40.2 Å². The average Bonchev–Trinajstić information content (AvgIpc) is 2.88. The fourth-order valence-electron chi connectivity index (χ4n) is 4.75. The van der Waals surface area contributed by atoms with Gasteiger partial charge in [0.05, 0.1) is 30.8 Å². The molecular formula is C27H30ClN7O2. The fourth-order valence-corrected chi connectivity index (χ4v) is 4.92. The molecule has 9 nitrogen and oxygen atoms in total. The lowest BCUT2D eigenvalue weighted by Gasteiger charge is -2.29. The summed E-state index contributed by atoms with van der Waals surface area (Å²) in [6, 6.07) is 10.5. The molecule has 1 unspecified atom stereocenters. The normalized spacial score (nSPS) is 20.5.